The Hall–Kier alpha value is -1.93. The van der Waals surface area contributed by atoms with Crippen LogP contribution in [0.25, 0.3) is 0 Å². The van der Waals surface area contributed by atoms with Gasteiger partial charge in [0.25, 0.3) is 5.91 Å². The molecule has 0 radical (unpaired) electrons. The van der Waals surface area contributed by atoms with Crippen molar-refractivity contribution < 1.29 is 38.3 Å². The number of ether oxygens (including phenoxy) is 1. The van der Waals surface area contributed by atoms with Crippen LogP contribution < -0.4 is 10.5 Å². The van der Waals surface area contributed by atoms with Gasteiger partial charge in [-0.3, -0.25) is 9.59 Å². The number of aliphatic carboxylic acids is 1. The van der Waals surface area contributed by atoms with E-state index in [1.54, 1.807) is 6.92 Å². The van der Waals surface area contributed by atoms with Gasteiger partial charge in [-0.1, -0.05) is 6.07 Å². The standard InChI is InChI=1S/C29H37IN4O6.ClH/c1-17(35)24-26-19-3-2-4-22(25(19)27(29(38)39)32(26)28(24)37)40-21-6-5-18(15-20(21)30)7-8-33-9-12-34(13-10-33,14-11-33)16-23(31)36;/h5-6,15,17,19,22,24,26,35H,2-4,7-14,16H2,1H3,(H-2,31,36,38,39);1H/p+2/t17?,19-,22?,24?,26?,33?,34?;/m0./s1. The van der Waals surface area contributed by atoms with E-state index in [0.717, 1.165) is 83.4 Å². The maximum absolute atomic E-state index is 12.8. The first-order valence-electron chi connectivity index (χ1n) is 14.5. The van der Waals surface area contributed by atoms with Crippen molar-refractivity contribution in [1.29, 1.82) is 0 Å². The number of rotatable bonds is 9. The molecule has 1 aromatic rings. The number of quaternary nitrogens is 2. The van der Waals surface area contributed by atoms with E-state index >= 15 is 0 Å². The van der Waals surface area contributed by atoms with E-state index in [2.05, 4.69) is 34.7 Å². The number of nitrogens with two attached hydrogens (primary N) is 1. The Morgan fingerprint density at radius 1 is 1.15 bits per heavy atom. The highest BCUT2D eigenvalue weighted by molar-refractivity contribution is 14.1. The average molecular weight is 703 g/mol. The Morgan fingerprint density at radius 3 is 2.39 bits per heavy atom. The number of hydrogen-bond donors (Lipinski definition) is 3. The number of halogens is 2. The van der Waals surface area contributed by atoms with Crippen LogP contribution in [0.15, 0.2) is 29.5 Å². The Balaban J connectivity index is 0.00000337. The third-order valence-electron chi connectivity index (χ3n) is 10.3. The highest BCUT2D eigenvalue weighted by Gasteiger charge is 2.62. The number of carbonyl (C=O) groups excluding carboxylic acids is 2. The molecule has 0 spiro atoms. The summed E-state index contributed by atoms with van der Waals surface area (Å²) in [6.45, 7) is 9.47. The number of primary amides is 1. The fourth-order valence-corrected chi connectivity index (χ4v) is 8.83. The molecule has 6 aliphatic rings. The number of nitrogens with zero attached hydrogens (tertiary/aromatic N) is 3. The summed E-state index contributed by atoms with van der Waals surface area (Å²) in [5.41, 5.74) is 7.53. The van der Waals surface area contributed by atoms with Crippen LogP contribution in [0.1, 0.15) is 31.7 Å². The lowest BCUT2D eigenvalue weighted by Crippen LogP contribution is -2.76. The fourth-order valence-electron chi connectivity index (χ4n) is 8.12. The molecular weight excluding hydrogens is 663 g/mol. The summed E-state index contributed by atoms with van der Waals surface area (Å²) in [4.78, 5) is 38.0. The molecule has 5 aliphatic heterocycles. The molecule has 224 valence electrons. The van der Waals surface area contributed by atoms with Gasteiger partial charge < -0.3 is 34.5 Å². The van der Waals surface area contributed by atoms with E-state index in [9.17, 15) is 24.6 Å². The zero-order valence-electron chi connectivity index (χ0n) is 23.3. The monoisotopic (exact) mass is 702 g/mol. The number of amides is 2. The van der Waals surface area contributed by atoms with E-state index in [-0.39, 0.29) is 41.9 Å². The summed E-state index contributed by atoms with van der Waals surface area (Å²) >= 11 is 2.30. The minimum Gasteiger partial charge on any atom is -0.485 e. The number of piperazine rings is 3. The van der Waals surface area contributed by atoms with Gasteiger partial charge in [-0.2, -0.15) is 0 Å². The quantitative estimate of drug-likeness (QED) is 0.203. The molecule has 7 rings (SSSR count). The summed E-state index contributed by atoms with van der Waals surface area (Å²) in [6, 6.07) is 5.98. The van der Waals surface area contributed by atoms with Crippen LogP contribution in [0.5, 0.6) is 5.75 Å². The fraction of sp³-hybridized carbons (Fsp3) is 0.621. The van der Waals surface area contributed by atoms with Crippen molar-refractivity contribution in [2.45, 2.75) is 50.9 Å². The van der Waals surface area contributed by atoms with Crippen LogP contribution in [0, 0.1) is 15.4 Å². The molecule has 12 heteroatoms. The van der Waals surface area contributed by atoms with Crippen molar-refractivity contribution >= 4 is 52.8 Å². The molecule has 10 nitrogen and oxygen atoms in total. The molecule has 41 heavy (non-hydrogen) atoms. The predicted molar refractivity (Wildman–Crippen MR) is 161 cm³/mol. The number of hydrogen-bond acceptors (Lipinski definition) is 5. The van der Waals surface area contributed by atoms with Gasteiger partial charge in [0, 0.05) is 17.9 Å². The maximum Gasteiger partial charge on any atom is 0.352 e. The van der Waals surface area contributed by atoms with Crippen molar-refractivity contribution in [3.63, 3.8) is 0 Å². The van der Waals surface area contributed by atoms with Crippen molar-refractivity contribution in [1.82, 2.24) is 4.90 Å². The SMILES string of the molecule is CC(O)C1C(=O)N2C(C(=O)O)=C3C(Oc4ccc(CC[N+]56CC[N+](CC(N)=O)(CC5)CC6)cc4I)CCC[C@@H]3C12.Cl. The minimum absolute atomic E-state index is 0. The van der Waals surface area contributed by atoms with E-state index in [4.69, 9.17) is 10.5 Å². The highest BCUT2D eigenvalue weighted by Crippen LogP contribution is 2.52. The van der Waals surface area contributed by atoms with Gasteiger partial charge in [-0.25, -0.2) is 4.79 Å². The topological polar surface area (TPSA) is 130 Å². The van der Waals surface area contributed by atoms with Gasteiger partial charge in [-0.05, 0) is 66.5 Å². The van der Waals surface area contributed by atoms with Crippen LogP contribution in [0.2, 0.25) is 0 Å². The number of carboxylic acids is 1. The van der Waals surface area contributed by atoms with Crippen LogP contribution >= 0.6 is 35.0 Å². The number of benzene rings is 1. The third kappa shape index (κ3) is 5.26. The summed E-state index contributed by atoms with van der Waals surface area (Å²) in [6.07, 6.45) is 2.12. The second-order valence-electron chi connectivity index (χ2n) is 12.6. The first kappa shape index (κ1) is 30.5. The lowest BCUT2D eigenvalue weighted by Gasteiger charge is -2.55. The van der Waals surface area contributed by atoms with Crippen molar-refractivity contribution in [2.75, 3.05) is 52.4 Å². The van der Waals surface area contributed by atoms with Crippen molar-refractivity contribution in [2.24, 2.45) is 17.6 Å². The predicted octanol–water partition coefficient (Wildman–Crippen LogP) is 1.51. The smallest absolute Gasteiger partial charge is 0.352 e. The number of fused-ring (bicyclic) bond motifs is 6. The molecule has 1 saturated carbocycles. The molecule has 0 aromatic heterocycles. The van der Waals surface area contributed by atoms with Gasteiger partial charge in [0.15, 0.2) is 6.54 Å². The Labute approximate surface area is 260 Å². The molecule has 5 fully saturated rings. The number of β-lactam (4-membered cyclic amide) rings is 1. The first-order valence-corrected chi connectivity index (χ1v) is 15.5. The van der Waals surface area contributed by atoms with E-state index in [1.807, 2.05) is 6.07 Å². The molecule has 2 bridgehead atoms. The molecule has 2 amide bonds. The third-order valence-corrected chi connectivity index (χ3v) is 11.2. The van der Waals surface area contributed by atoms with Crippen LogP contribution in [-0.4, -0.2) is 112 Å². The van der Waals surface area contributed by atoms with Gasteiger partial charge in [0.2, 0.25) is 5.91 Å². The molecule has 4 unspecified atom stereocenters. The number of aliphatic hydroxyl groups is 1. The Kier molecular flexibility index (Phi) is 8.41. The van der Waals surface area contributed by atoms with Crippen molar-refractivity contribution in [3.8, 4) is 5.75 Å². The van der Waals surface area contributed by atoms with Crippen LogP contribution in [0.4, 0.5) is 0 Å². The Bertz CT molecular complexity index is 1260. The van der Waals surface area contributed by atoms with Crippen LogP contribution in [0.3, 0.4) is 0 Å². The average Bonchev–Trinajstić information content (AvgIpc) is 3.21. The zero-order chi connectivity index (χ0) is 28.4. The van der Waals surface area contributed by atoms with E-state index in [1.165, 1.54) is 10.5 Å². The Morgan fingerprint density at radius 2 is 1.80 bits per heavy atom. The summed E-state index contributed by atoms with van der Waals surface area (Å²) < 4.78 is 9.45. The minimum atomic E-state index is -1.10. The van der Waals surface area contributed by atoms with Gasteiger partial charge >= 0.3 is 5.97 Å². The highest BCUT2D eigenvalue weighted by atomic mass is 127. The first-order chi connectivity index (χ1) is 19.0. The van der Waals surface area contributed by atoms with Gasteiger partial charge in [0.1, 0.15) is 56.8 Å². The molecule has 5 heterocycles. The lowest BCUT2D eigenvalue weighted by atomic mass is 9.71. The zero-order valence-corrected chi connectivity index (χ0v) is 26.3. The molecule has 4 saturated heterocycles. The number of carboxylic acid groups (broad SMARTS) is 1. The summed E-state index contributed by atoms with van der Waals surface area (Å²) in [7, 11) is 0. The second kappa shape index (κ2) is 11.3. The molecule has 4 N–H and O–H groups in total. The van der Waals surface area contributed by atoms with Crippen molar-refractivity contribution in [3.05, 3.63) is 38.6 Å². The maximum atomic E-state index is 12.8. The van der Waals surface area contributed by atoms with Gasteiger partial charge in [-0.15, -0.1) is 12.4 Å². The summed E-state index contributed by atoms with van der Waals surface area (Å²) in [5, 5.41) is 20.3. The lowest BCUT2D eigenvalue weighted by molar-refractivity contribution is -1.08. The molecule has 1 aromatic carbocycles. The normalized spacial score (nSPS) is 34.3. The molecule has 5 atom stereocenters. The van der Waals surface area contributed by atoms with E-state index in [0.29, 0.717) is 18.5 Å². The molecular formula is C29H40ClIN4O6+2. The summed E-state index contributed by atoms with van der Waals surface area (Å²) in [5.74, 6) is -1.52. The largest absolute Gasteiger partial charge is 0.485 e. The second-order valence-corrected chi connectivity index (χ2v) is 13.8. The number of carbonyl (C=O) groups is 3. The molecule has 1 aliphatic carbocycles. The van der Waals surface area contributed by atoms with Gasteiger partial charge in [0.05, 0.1) is 28.2 Å². The number of aliphatic hydroxyl groups excluding tert-OH is 1. The van der Waals surface area contributed by atoms with E-state index < -0.39 is 24.1 Å². The van der Waals surface area contributed by atoms with Crippen LogP contribution in [-0.2, 0) is 20.8 Å².